The van der Waals surface area contributed by atoms with Crippen LogP contribution in [-0.2, 0) is 11.8 Å². The molecule has 210 valence electrons. The normalized spacial score (nSPS) is 10.9. The molecule has 0 saturated carbocycles. The minimum absolute atomic E-state index is 0.153. The van der Waals surface area contributed by atoms with Gasteiger partial charge >= 0.3 is 0 Å². The fourth-order valence-corrected chi connectivity index (χ4v) is 4.67. The summed E-state index contributed by atoms with van der Waals surface area (Å²) >= 11 is 11.9. The van der Waals surface area contributed by atoms with Crippen molar-refractivity contribution in [2.24, 2.45) is 23.5 Å². The summed E-state index contributed by atoms with van der Waals surface area (Å²) in [5, 5.41) is 5.74. The second-order valence-corrected chi connectivity index (χ2v) is 9.91. The molecule has 2 aromatic carbocycles. The lowest BCUT2D eigenvalue weighted by atomic mass is 10.1. The number of H-pyrrole nitrogens is 1. The molecule has 0 spiro atoms. The van der Waals surface area contributed by atoms with Crippen LogP contribution in [-0.4, -0.2) is 63.7 Å². The van der Waals surface area contributed by atoms with Crippen molar-refractivity contribution in [3.8, 4) is 11.5 Å². The number of aryl methyl sites for hydroxylation is 2. The van der Waals surface area contributed by atoms with E-state index in [1.807, 2.05) is 36.7 Å². The molecule has 0 atom stereocenters. The first-order chi connectivity index (χ1) is 19.2. The number of alkyl halides is 2. The van der Waals surface area contributed by atoms with Crippen LogP contribution < -0.4 is 27.0 Å². The number of carbonyl (C=O) groups excluding carboxylic acids is 2. The van der Waals surface area contributed by atoms with Gasteiger partial charge < -0.3 is 36.6 Å². The van der Waals surface area contributed by atoms with Gasteiger partial charge in [0.1, 0.15) is 6.54 Å². The fraction of sp³-hybridized carbons (Fsp3) is 0.259. The summed E-state index contributed by atoms with van der Waals surface area (Å²) in [7, 11) is 1.84. The number of carbonyl (C=O) groups is 2. The zero-order valence-corrected chi connectivity index (χ0v) is 23.7. The number of aliphatic imine (C=N–C) groups is 1. The van der Waals surface area contributed by atoms with Gasteiger partial charge in [-0.25, -0.2) is 9.98 Å². The molecular formula is C27H31Cl2N9O2. The number of imidazole rings is 1. The predicted molar refractivity (Wildman–Crippen MR) is 163 cm³/mol. The number of hydrogen-bond acceptors (Lipinski definition) is 5. The van der Waals surface area contributed by atoms with Crippen LogP contribution in [0, 0.1) is 6.92 Å². The van der Waals surface area contributed by atoms with Crippen LogP contribution in [0.15, 0.2) is 53.7 Å². The molecule has 40 heavy (non-hydrogen) atoms. The lowest BCUT2D eigenvalue weighted by molar-refractivity contribution is -0.114. The highest BCUT2D eigenvalue weighted by Crippen LogP contribution is 2.26. The van der Waals surface area contributed by atoms with Crippen LogP contribution in [0.5, 0.6) is 0 Å². The van der Waals surface area contributed by atoms with Gasteiger partial charge in [-0.3, -0.25) is 9.59 Å². The maximum Gasteiger partial charge on any atom is 0.255 e. The number of aromatic nitrogens is 3. The molecule has 13 heteroatoms. The van der Waals surface area contributed by atoms with Crippen LogP contribution in [0.3, 0.4) is 0 Å². The standard InChI is InChI=1S/C27H31Cl2N9O2/c1-16-11-19(38(9-7-28)10-8-29)4-6-20(16)36-26(40)17-3-5-21-22(12-17)35-25(34-21)23-13-18(15-37(23)2)33-24(39)14-32-27(30)31/h3-6,11-13,15H,7-10,14H2,1-2H3,(H,33,39)(H,34,35)(H,36,40)(H4,30,31,32). The molecule has 2 amide bonds. The van der Waals surface area contributed by atoms with Gasteiger partial charge in [0.05, 0.1) is 22.4 Å². The molecule has 0 fully saturated rings. The minimum Gasteiger partial charge on any atom is -0.370 e. The third-order valence-electron chi connectivity index (χ3n) is 6.21. The zero-order valence-electron chi connectivity index (χ0n) is 22.2. The number of amides is 2. The van der Waals surface area contributed by atoms with E-state index < -0.39 is 0 Å². The molecule has 2 aromatic heterocycles. The Morgan fingerprint density at radius 2 is 1.82 bits per heavy atom. The van der Waals surface area contributed by atoms with E-state index in [2.05, 4.69) is 30.5 Å². The topological polar surface area (TPSA) is 159 Å². The van der Waals surface area contributed by atoms with Gasteiger partial charge in [-0.1, -0.05) is 0 Å². The number of nitrogens with one attached hydrogen (secondary N) is 3. The third kappa shape index (κ3) is 6.85. The Kier molecular flexibility index (Phi) is 9.18. The smallest absolute Gasteiger partial charge is 0.255 e. The lowest BCUT2D eigenvalue weighted by Gasteiger charge is -2.24. The molecule has 0 saturated heterocycles. The summed E-state index contributed by atoms with van der Waals surface area (Å²) in [4.78, 5) is 38.9. The van der Waals surface area contributed by atoms with E-state index in [0.29, 0.717) is 58.6 Å². The van der Waals surface area contributed by atoms with Crippen molar-refractivity contribution in [1.29, 1.82) is 0 Å². The van der Waals surface area contributed by atoms with Gasteiger partial charge in [-0.05, 0) is 55.0 Å². The zero-order chi connectivity index (χ0) is 28.8. The van der Waals surface area contributed by atoms with Crippen LogP contribution in [0.4, 0.5) is 17.1 Å². The van der Waals surface area contributed by atoms with E-state index in [1.165, 1.54) is 0 Å². The first-order valence-electron chi connectivity index (χ1n) is 12.5. The highest BCUT2D eigenvalue weighted by Gasteiger charge is 2.15. The molecule has 2 heterocycles. The molecule has 0 aliphatic rings. The summed E-state index contributed by atoms with van der Waals surface area (Å²) in [5.74, 6) is 0.837. The van der Waals surface area contributed by atoms with Crippen LogP contribution in [0.25, 0.3) is 22.6 Å². The van der Waals surface area contributed by atoms with Gasteiger partial charge in [0.2, 0.25) is 5.91 Å². The summed E-state index contributed by atoms with van der Waals surface area (Å²) in [6.45, 7) is 3.14. The number of hydrogen-bond donors (Lipinski definition) is 5. The molecular weight excluding hydrogens is 553 g/mol. The van der Waals surface area contributed by atoms with Crippen molar-refractivity contribution in [3.05, 3.63) is 59.8 Å². The molecule has 4 aromatic rings. The van der Waals surface area contributed by atoms with E-state index in [4.69, 9.17) is 34.7 Å². The second kappa shape index (κ2) is 12.8. The van der Waals surface area contributed by atoms with Crippen molar-refractivity contribution in [1.82, 2.24) is 14.5 Å². The van der Waals surface area contributed by atoms with Gasteiger partial charge in [0.25, 0.3) is 5.91 Å². The number of guanidine groups is 1. The van der Waals surface area contributed by atoms with Crippen molar-refractivity contribution < 1.29 is 9.59 Å². The average Bonchev–Trinajstić information content (AvgIpc) is 3.50. The van der Waals surface area contributed by atoms with Crippen molar-refractivity contribution >= 4 is 69.1 Å². The Labute approximate surface area is 241 Å². The average molecular weight is 585 g/mol. The molecule has 0 unspecified atom stereocenters. The molecule has 4 rings (SSSR count). The molecule has 0 bridgehead atoms. The largest absolute Gasteiger partial charge is 0.370 e. The Bertz CT molecular complexity index is 1550. The SMILES string of the molecule is Cc1cc(N(CCCl)CCCl)ccc1NC(=O)c1ccc2nc(-c3cc(NC(=O)CN=C(N)N)cn3C)[nH]c2c1. The number of fused-ring (bicyclic) bond motifs is 1. The molecule has 11 nitrogen and oxygen atoms in total. The van der Waals surface area contributed by atoms with Crippen molar-refractivity contribution in [2.75, 3.05) is 46.9 Å². The number of nitrogens with zero attached hydrogens (tertiary/aromatic N) is 4. The first kappa shape index (κ1) is 28.8. The number of anilines is 3. The summed E-state index contributed by atoms with van der Waals surface area (Å²) < 4.78 is 1.83. The number of benzene rings is 2. The van der Waals surface area contributed by atoms with Crippen molar-refractivity contribution in [3.63, 3.8) is 0 Å². The number of rotatable bonds is 11. The van der Waals surface area contributed by atoms with Crippen molar-refractivity contribution in [2.45, 2.75) is 6.92 Å². The highest BCUT2D eigenvalue weighted by atomic mass is 35.5. The summed E-state index contributed by atoms with van der Waals surface area (Å²) in [5.41, 5.74) is 16.4. The van der Waals surface area contributed by atoms with Gasteiger partial charge in [0, 0.05) is 55.0 Å². The van der Waals surface area contributed by atoms with Gasteiger partial charge in [0.15, 0.2) is 11.8 Å². The van der Waals surface area contributed by atoms with Gasteiger partial charge in [-0.2, -0.15) is 0 Å². The second-order valence-electron chi connectivity index (χ2n) is 9.15. The van der Waals surface area contributed by atoms with Crippen LogP contribution in [0.1, 0.15) is 15.9 Å². The third-order valence-corrected chi connectivity index (χ3v) is 6.55. The Hall–Kier alpha value is -4.22. The maximum atomic E-state index is 13.1. The lowest BCUT2D eigenvalue weighted by Crippen LogP contribution is -2.27. The fourth-order valence-electron chi connectivity index (χ4n) is 4.26. The number of halogens is 2. The van der Waals surface area contributed by atoms with E-state index in [9.17, 15) is 9.59 Å². The Morgan fingerprint density at radius 3 is 2.50 bits per heavy atom. The number of aromatic amines is 1. The molecule has 7 N–H and O–H groups in total. The van der Waals surface area contributed by atoms with E-state index in [1.54, 1.807) is 30.5 Å². The van der Waals surface area contributed by atoms with Crippen LogP contribution >= 0.6 is 23.2 Å². The van der Waals surface area contributed by atoms with E-state index in [0.717, 1.165) is 16.9 Å². The van der Waals surface area contributed by atoms with Crippen LogP contribution in [0.2, 0.25) is 0 Å². The Balaban J connectivity index is 1.49. The first-order valence-corrected chi connectivity index (χ1v) is 13.6. The predicted octanol–water partition coefficient (Wildman–Crippen LogP) is 3.63. The number of nitrogens with two attached hydrogens (primary N) is 2. The monoisotopic (exact) mass is 583 g/mol. The quantitative estimate of drug-likeness (QED) is 0.103. The molecule has 0 aliphatic carbocycles. The summed E-state index contributed by atoms with van der Waals surface area (Å²) in [6.07, 6.45) is 1.76. The summed E-state index contributed by atoms with van der Waals surface area (Å²) in [6, 6.07) is 12.9. The highest BCUT2D eigenvalue weighted by molar-refractivity contribution is 6.18. The minimum atomic E-state index is -0.349. The Morgan fingerprint density at radius 1 is 1.07 bits per heavy atom. The van der Waals surface area contributed by atoms with E-state index in [-0.39, 0.29) is 24.3 Å². The maximum absolute atomic E-state index is 13.1. The van der Waals surface area contributed by atoms with E-state index >= 15 is 0 Å². The molecule has 0 radical (unpaired) electrons. The van der Waals surface area contributed by atoms with Gasteiger partial charge in [-0.15, -0.1) is 23.2 Å². The molecule has 0 aliphatic heterocycles.